The molecular formula is C12H20ClN3O3S. The second-order valence-corrected chi connectivity index (χ2v) is 5.98. The molecule has 0 aliphatic rings. The monoisotopic (exact) mass is 321 g/mol. The largest absolute Gasteiger partial charge is 0.348 e. The van der Waals surface area contributed by atoms with Crippen molar-refractivity contribution in [2.75, 3.05) is 20.6 Å². The third-order valence-corrected chi connectivity index (χ3v) is 4.10. The van der Waals surface area contributed by atoms with E-state index < -0.39 is 10.0 Å². The molecule has 1 aromatic rings. The highest BCUT2D eigenvalue weighted by Gasteiger charge is 2.13. The third-order valence-electron chi connectivity index (χ3n) is 2.67. The Morgan fingerprint density at radius 3 is 2.20 bits per heavy atom. The second kappa shape index (κ2) is 8.21. The maximum Gasteiger partial charge on any atom is 0.240 e. The molecule has 0 aromatic heterocycles. The van der Waals surface area contributed by atoms with Crippen LogP contribution in [0.15, 0.2) is 29.2 Å². The fraction of sp³-hybridized carbons (Fsp3) is 0.417. The van der Waals surface area contributed by atoms with Gasteiger partial charge in [0.2, 0.25) is 15.9 Å². The molecule has 0 radical (unpaired) electrons. The molecule has 20 heavy (non-hydrogen) atoms. The number of carbonyl (C=O) groups is 1. The molecule has 1 aromatic carbocycles. The Hall–Kier alpha value is -1.15. The fourth-order valence-electron chi connectivity index (χ4n) is 1.59. The zero-order valence-electron chi connectivity index (χ0n) is 11.6. The summed E-state index contributed by atoms with van der Waals surface area (Å²) >= 11 is 0. The van der Waals surface area contributed by atoms with Crippen LogP contribution in [0, 0.1) is 0 Å². The average Bonchev–Trinajstić information content (AvgIpc) is 2.39. The lowest BCUT2D eigenvalue weighted by Gasteiger charge is -2.14. The minimum atomic E-state index is -3.42. The number of amides is 1. The molecule has 0 fully saturated rings. The van der Waals surface area contributed by atoms with Crippen molar-refractivity contribution in [2.45, 2.75) is 17.9 Å². The smallest absolute Gasteiger partial charge is 0.240 e. The van der Waals surface area contributed by atoms with Crippen molar-refractivity contribution in [3.8, 4) is 0 Å². The SMILES string of the molecule is CNCC(=O)NC(C)c1ccc(S(=O)(=O)NC)cc1.Cl. The highest BCUT2D eigenvalue weighted by molar-refractivity contribution is 7.89. The van der Waals surface area contributed by atoms with Crippen LogP contribution in [0.3, 0.4) is 0 Å². The Bertz CT molecular complexity index is 531. The number of carbonyl (C=O) groups excluding carboxylic acids is 1. The standard InChI is InChI=1S/C12H19N3O3S.ClH/c1-9(15-12(16)8-13-2)10-4-6-11(7-5-10)19(17,18)14-3;/h4-7,9,13-14H,8H2,1-3H3,(H,15,16);1H. The van der Waals surface area contributed by atoms with E-state index in [0.29, 0.717) is 0 Å². The lowest BCUT2D eigenvalue weighted by molar-refractivity contribution is -0.120. The first kappa shape index (κ1) is 18.9. The van der Waals surface area contributed by atoms with E-state index in [0.717, 1.165) is 5.56 Å². The van der Waals surface area contributed by atoms with Crippen molar-refractivity contribution in [2.24, 2.45) is 0 Å². The number of likely N-dealkylation sites (N-methyl/N-ethyl adjacent to an activating group) is 1. The maximum atomic E-state index is 11.6. The van der Waals surface area contributed by atoms with Gasteiger partial charge in [0.15, 0.2) is 0 Å². The Morgan fingerprint density at radius 2 is 1.75 bits per heavy atom. The minimum absolute atomic E-state index is 0. The summed E-state index contributed by atoms with van der Waals surface area (Å²) in [6, 6.07) is 6.24. The van der Waals surface area contributed by atoms with Crippen LogP contribution in [-0.4, -0.2) is 35.0 Å². The zero-order valence-corrected chi connectivity index (χ0v) is 13.3. The predicted molar refractivity (Wildman–Crippen MR) is 80.4 cm³/mol. The van der Waals surface area contributed by atoms with E-state index in [1.807, 2.05) is 6.92 Å². The van der Waals surface area contributed by atoms with Crippen LogP contribution in [0.5, 0.6) is 0 Å². The third kappa shape index (κ3) is 5.09. The quantitative estimate of drug-likeness (QED) is 0.708. The number of benzene rings is 1. The van der Waals surface area contributed by atoms with E-state index in [9.17, 15) is 13.2 Å². The summed E-state index contributed by atoms with van der Waals surface area (Å²) in [7, 11) is -0.359. The molecule has 1 unspecified atom stereocenters. The molecule has 3 N–H and O–H groups in total. The van der Waals surface area contributed by atoms with Gasteiger partial charge in [-0.2, -0.15) is 0 Å². The topological polar surface area (TPSA) is 87.3 Å². The summed E-state index contributed by atoms with van der Waals surface area (Å²) in [5.74, 6) is -0.109. The van der Waals surface area contributed by atoms with Crippen LogP contribution in [0.25, 0.3) is 0 Å². The summed E-state index contributed by atoms with van der Waals surface area (Å²) in [5, 5.41) is 5.56. The van der Waals surface area contributed by atoms with Crippen LogP contribution < -0.4 is 15.4 Å². The summed E-state index contributed by atoms with van der Waals surface area (Å²) in [6.07, 6.45) is 0. The number of sulfonamides is 1. The van der Waals surface area contributed by atoms with Gasteiger partial charge in [0.25, 0.3) is 0 Å². The molecule has 1 rings (SSSR count). The molecule has 8 heteroatoms. The van der Waals surface area contributed by atoms with Gasteiger partial charge < -0.3 is 10.6 Å². The molecule has 0 aliphatic heterocycles. The fourth-order valence-corrected chi connectivity index (χ4v) is 2.32. The van der Waals surface area contributed by atoms with Crippen LogP contribution in [0.2, 0.25) is 0 Å². The molecule has 0 saturated heterocycles. The summed E-state index contributed by atoms with van der Waals surface area (Å²) in [4.78, 5) is 11.6. The molecule has 6 nitrogen and oxygen atoms in total. The molecule has 0 heterocycles. The molecule has 114 valence electrons. The Kier molecular flexibility index (Phi) is 7.74. The van der Waals surface area contributed by atoms with E-state index in [4.69, 9.17) is 0 Å². The number of halogens is 1. The number of nitrogens with one attached hydrogen (secondary N) is 3. The minimum Gasteiger partial charge on any atom is -0.348 e. The van der Waals surface area contributed by atoms with Crippen LogP contribution in [-0.2, 0) is 14.8 Å². The van der Waals surface area contributed by atoms with E-state index in [-0.39, 0.29) is 35.8 Å². The Balaban J connectivity index is 0.00000361. The van der Waals surface area contributed by atoms with Crippen LogP contribution in [0.1, 0.15) is 18.5 Å². The van der Waals surface area contributed by atoms with Gasteiger partial charge in [-0.1, -0.05) is 12.1 Å². The van der Waals surface area contributed by atoms with Gasteiger partial charge in [0.05, 0.1) is 17.5 Å². The maximum absolute atomic E-state index is 11.6. The van der Waals surface area contributed by atoms with Crippen molar-refractivity contribution in [3.63, 3.8) is 0 Å². The first-order valence-corrected chi connectivity index (χ1v) is 7.36. The summed E-state index contributed by atoms with van der Waals surface area (Å²) in [6.45, 7) is 2.09. The Labute approximate surface area is 125 Å². The second-order valence-electron chi connectivity index (χ2n) is 4.10. The van der Waals surface area contributed by atoms with Gasteiger partial charge in [-0.3, -0.25) is 4.79 Å². The van der Waals surface area contributed by atoms with Gasteiger partial charge >= 0.3 is 0 Å². The molecule has 0 aliphatic carbocycles. The number of hydrogen-bond acceptors (Lipinski definition) is 4. The summed E-state index contributed by atoms with van der Waals surface area (Å²) in [5.41, 5.74) is 0.847. The van der Waals surface area contributed by atoms with Crippen molar-refractivity contribution < 1.29 is 13.2 Å². The zero-order chi connectivity index (χ0) is 14.5. The van der Waals surface area contributed by atoms with E-state index in [2.05, 4.69) is 15.4 Å². The van der Waals surface area contributed by atoms with Gasteiger partial charge in [-0.25, -0.2) is 13.1 Å². The van der Waals surface area contributed by atoms with Crippen molar-refractivity contribution in [1.82, 2.24) is 15.4 Å². The highest BCUT2D eigenvalue weighted by Crippen LogP contribution is 2.15. The molecule has 1 atom stereocenters. The normalized spacial score (nSPS) is 12.3. The van der Waals surface area contributed by atoms with Gasteiger partial charge in [-0.15, -0.1) is 12.4 Å². The molecule has 0 bridgehead atoms. The van der Waals surface area contributed by atoms with E-state index in [1.165, 1.54) is 19.2 Å². The van der Waals surface area contributed by atoms with Crippen molar-refractivity contribution in [1.29, 1.82) is 0 Å². The van der Waals surface area contributed by atoms with E-state index in [1.54, 1.807) is 19.2 Å². The van der Waals surface area contributed by atoms with Gasteiger partial charge in [-0.05, 0) is 38.7 Å². The molecule has 0 spiro atoms. The van der Waals surface area contributed by atoms with Crippen molar-refractivity contribution in [3.05, 3.63) is 29.8 Å². The number of rotatable bonds is 6. The Morgan fingerprint density at radius 1 is 1.20 bits per heavy atom. The van der Waals surface area contributed by atoms with Gasteiger partial charge in [0, 0.05) is 0 Å². The molecule has 1 amide bonds. The van der Waals surface area contributed by atoms with Crippen LogP contribution >= 0.6 is 12.4 Å². The predicted octanol–water partition coefficient (Wildman–Crippen LogP) is 0.413. The highest BCUT2D eigenvalue weighted by atomic mass is 35.5. The van der Waals surface area contributed by atoms with Crippen molar-refractivity contribution >= 4 is 28.3 Å². The lowest BCUT2D eigenvalue weighted by Crippen LogP contribution is -2.33. The average molecular weight is 322 g/mol. The summed E-state index contributed by atoms with van der Waals surface area (Å²) < 4.78 is 25.4. The number of hydrogen-bond donors (Lipinski definition) is 3. The van der Waals surface area contributed by atoms with Gasteiger partial charge in [0.1, 0.15) is 0 Å². The first-order chi connectivity index (χ1) is 8.90. The lowest BCUT2D eigenvalue weighted by atomic mass is 10.1. The van der Waals surface area contributed by atoms with Crippen LogP contribution in [0.4, 0.5) is 0 Å². The first-order valence-electron chi connectivity index (χ1n) is 5.88. The molecule has 0 saturated carbocycles. The molecular weight excluding hydrogens is 302 g/mol. The van der Waals surface area contributed by atoms with E-state index >= 15 is 0 Å².